The number of amides is 7. The van der Waals surface area contributed by atoms with Gasteiger partial charge in [-0.25, -0.2) is 14.3 Å². The average molecular weight is 1980 g/mol. The molecule has 0 radical (unpaired) electrons. The van der Waals surface area contributed by atoms with Gasteiger partial charge in [0.25, 0.3) is 0 Å². The highest BCUT2D eigenvalue weighted by Gasteiger charge is 2.56. The minimum Gasteiger partial charge on any atom is -0.508 e. The first-order chi connectivity index (χ1) is 64.6. The summed E-state index contributed by atoms with van der Waals surface area (Å²) in [5.74, 6) is -22.1. The number of oxime groups is 1. The number of Topliss-reactive ketones (excluding diaryl/α,β-unsaturated/α-hetero) is 3. The summed E-state index contributed by atoms with van der Waals surface area (Å²) in [4.78, 5) is 174. The number of aliphatic hydroxyl groups is 6. The van der Waals surface area contributed by atoms with Crippen molar-refractivity contribution < 1.29 is 142 Å². The molecule has 11 heterocycles. The van der Waals surface area contributed by atoms with Crippen molar-refractivity contribution in [1.29, 1.82) is 0 Å². The van der Waals surface area contributed by atoms with Gasteiger partial charge in [0.2, 0.25) is 53.4 Å². The lowest BCUT2D eigenvalue weighted by Crippen LogP contribution is -2.64. The smallest absolute Gasteiger partial charge is 0.352 e. The molecule has 16 rings (SSSR count). The number of fused-ring (bicyclic) bond motifs is 16. The van der Waals surface area contributed by atoms with E-state index in [9.17, 15) is 75.0 Å². The number of hydrogen-bond donors (Lipinski definition) is 19. The number of aromatic hydroxyl groups is 3. The molecule has 0 saturated carbocycles. The molecule has 22 N–H and O–H groups in total. The predicted molar refractivity (Wildman–Crippen MR) is 483 cm³/mol. The molecule has 724 valence electrons. The molecule has 1 unspecified atom stereocenters. The van der Waals surface area contributed by atoms with Crippen LogP contribution in [0.2, 0.25) is 14.4 Å². The number of primary amides is 1. The van der Waals surface area contributed by atoms with Crippen LogP contribution in [0.1, 0.15) is 136 Å². The molecule has 11 bridgehead atoms. The van der Waals surface area contributed by atoms with Gasteiger partial charge in [-0.1, -0.05) is 89.4 Å². The van der Waals surface area contributed by atoms with E-state index in [1.807, 2.05) is 13.8 Å². The number of likely N-dealkylation sites (N-methyl/N-ethyl adjacent to an activating group) is 1. The van der Waals surface area contributed by atoms with E-state index >= 15 is 28.8 Å². The van der Waals surface area contributed by atoms with Gasteiger partial charge in [0.1, 0.15) is 106 Å². The summed E-state index contributed by atoms with van der Waals surface area (Å²) >= 11 is 23.0. The van der Waals surface area contributed by atoms with E-state index in [4.69, 9.17) is 85.3 Å². The summed E-state index contributed by atoms with van der Waals surface area (Å²) in [5, 5.41) is 135. The van der Waals surface area contributed by atoms with Crippen molar-refractivity contribution in [1.82, 2.24) is 41.8 Å². The number of carboxylic acids is 1. The zero-order valence-corrected chi connectivity index (χ0v) is 77.1. The van der Waals surface area contributed by atoms with Crippen LogP contribution in [0.5, 0.6) is 46.0 Å². The van der Waals surface area contributed by atoms with E-state index in [1.54, 1.807) is 35.2 Å². The van der Waals surface area contributed by atoms with Crippen LogP contribution in [0.25, 0.3) is 11.1 Å². The maximum absolute atomic E-state index is 16.5. The fourth-order valence-corrected chi connectivity index (χ4v) is 20.1. The van der Waals surface area contributed by atoms with Crippen molar-refractivity contribution in [2.45, 2.75) is 188 Å². The minimum atomic E-state index is -2.33. The maximum atomic E-state index is 16.5. The van der Waals surface area contributed by atoms with Crippen molar-refractivity contribution in [3.63, 3.8) is 0 Å². The summed E-state index contributed by atoms with van der Waals surface area (Å²) in [6.07, 6.45) is -18.1. The molecule has 0 spiro atoms. The highest BCUT2D eigenvalue weighted by atomic mass is 35.5. The Kier molecular flexibility index (Phi) is 31.0. The number of aliphatic carboxylic acids is 1. The summed E-state index contributed by atoms with van der Waals surface area (Å²) in [5.41, 5.74) is 14.1. The zero-order valence-electron chi connectivity index (χ0n) is 73.2. The molecule has 46 heteroatoms. The van der Waals surface area contributed by atoms with Crippen LogP contribution >= 0.6 is 57.9 Å². The lowest BCUT2D eigenvalue weighted by Gasteiger charge is -2.49. The van der Waals surface area contributed by atoms with Crippen molar-refractivity contribution in [2.75, 3.05) is 38.3 Å². The number of phenolic OH excluding ortho intramolecular Hbond substituents is 3. The number of nitrogens with zero attached hydrogens (tertiary/aromatic N) is 4. The summed E-state index contributed by atoms with van der Waals surface area (Å²) in [6, 6.07) is 9.80. The van der Waals surface area contributed by atoms with Gasteiger partial charge in [0.15, 0.2) is 71.0 Å². The first-order valence-electron chi connectivity index (χ1n) is 43.0. The van der Waals surface area contributed by atoms with Gasteiger partial charge in [0, 0.05) is 91.3 Å². The molecule has 3 fully saturated rings. The normalized spacial score (nSPS) is 27.2. The lowest BCUT2D eigenvalue weighted by atomic mass is 9.84. The van der Waals surface area contributed by atoms with E-state index < -0.39 is 304 Å². The number of aromatic nitrogens is 2. The SMILES string of the molecule is CN[C@H](CC(C)C)C(=O)NC1C(=O)C[C@@H](CC(N)=O)C(=O)N[C@H]2C(=O)C[C@H]3C(=O)N[C@H](C(=O)N[C@H](C(=O)NCCCO/N=C(\C(=O)C[C@@H]4C(=O)N5C(C(=O)O)=C(C[n+]6ccccc6)CS[C@H]45)c4nc(N)sc4Cl)c4cc(O)cc(O)c4-c4cc3ccc4O)[C@H](O)c3ccc(c(Cl)c3)Oc3cc2cc(c3O[C@@H]2O[C@H](CO)[C@@H](O)[C@H](O)[C@H]2O[C@H]2C[C@](C)(N)[C@H](O)[C@H](C)O2)Oc2ccc(cc2Cl)[C@H]1O. The third-order valence-corrected chi connectivity index (χ3v) is 27.3. The van der Waals surface area contributed by atoms with Crippen molar-refractivity contribution in [2.24, 2.45) is 34.4 Å². The van der Waals surface area contributed by atoms with Gasteiger partial charge >= 0.3 is 5.97 Å². The molecule has 7 aromatic rings. The number of carbonyl (C=O) groups excluding carboxylic acids is 10. The number of nitrogens with two attached hydrogens (primary N) is 3. The highest BCUT2D eigenvalue weighted by molar-refractivity contribution is 8.00. The second kappa shape index (κ2) is 42.1. The number of anilines is 1. The maximum Gasteiger partial charge on any atom is 0.352 e. The minimum absolute atomic E-state index is 0.0781. The number of hydrogen-bond acceptors (Lipinski definition) is 34. The Hall–Kier alpha value is -11.8. The average Bonchev–Trinajstić information content (AvgIpc) is 0.767. The molecular formula is C90H99Cl3N13O28S2+. The van der Waals surface area contributed by atoms with E-state index in [1.165, 1.54) is 44.8 Å². The Morgan fingerprint density at radius 3 is 2.09 bits per heavy atom. The first-order valence-corrected chi connectivity index (χ1v) is 46.0. The molecule has 136 heavy (non-hydrogen) atoms. The predicted octanol–water partition coefficient (Wildman–Crippen LogP) is 3.43. The second-order valence-corrected chi connectivity index (χ2v) is 38.1. The molecule has 5 aromatic carbocycles. The van der Waals surface area contributed by atoms with Gasteiger partial charge in [-0.05, 0) is 116 Å². The molecule has 9 aliphatic rings. The molecule has 20 atom stereocenters. The number of ether oxygens (including phenoxy) is 6. The van der Waals surface area contributed by atoms with Gasteiger partial charge < -0.3 is 133 Å². The van der Waals surface area contributed by atoms with Gasteiger partial charge in [-0.15, -0.1) is 11.8 Å². The third kappa shape index (κ3) is 21.6. The van der Waals surface area contributed by atoms with Crippen molar-refractivity contribution in [3.8, 4) is 57.1 Å². The number of rotatable bonds is 25. The number of nitrogen functional groups attached to an aromatic ring is 1. The summed E-state index contributed by atoms with van der Waals surface area (Å²) in [7, 11) is 1.48. The van der Waals surface area contributed by atoms with E-state index in [-0.39, 0.29) is 85.8 Å². The number of carbonyl (C=O) groups is 11. The summed E-state index contributed by atoms with van der Waals surface area (Å²) in [6.45, 7) is 5.00. The fraction of sp³-hybridized carbons (Fsp3) is 0.422. The fourth-order valence-electron chi connectivity index (χ4n) is 17.3. The molecular weight excluding hydrogens is 1880 g/mol. The monoisotopic (exact) mass is 1980 g/mol. The Morgan fingerprint density at radius 2 is 1.46 bits per heavy atom. The number of pyridine rings is 1. The van der Waals surface area contributed by atoms with Crippen LogP contribution in [0.4, 0.5) is 5.13 Å². The number of aliphatic hydroxyl groups excluding tert-OH is 6. The molecule has 0 aliphatic carbocycles. The van der Waals surface area contributed by atoms with Crippen LogP contribution < -0.4 is 67.9 Å². The molecule has 3 saturated heterocycles. The number of nitrogens with one attached hydrogen (secondary N) is 6. The lowest BCUT2D eigenvalue weighted by molar-refractivity contribution is -0.689. The number of carboxylic acid groups (broad SMARTS) is 1. The number of thiazole rings is 1. The Labute approximate surface area is 798 Å². The summed E-state index contributed by atoms with van der Waals surface area (Å²) < 4.78 is 40.5. The van der Waals surface area contributed by atoms with Gasteiger partial charge in [-0.3, -0.25) is 52.8 Å². The topological polar surface area (TPSA) is 637 Å². The van der Waals surface area contributed by atoms with E-state index in [0.717, 1.165) is 83.0 Å². The number of β-lactam (4-membered cyclic amide) rings is 1. The van der Waals surface area contributed by atoms with Gasteiger partial charge in [0.05, 0.1) is 58.0 Å². The highest BCUT2D eigenvalue weighted by Crippen LogP contribution is 2.52. The zero-order chi connectivity index (χ0) is 98.1. The molecule has 41 nitrogen and oxygen atoms in total. The van der Waals surface area contributed by atoms with Crippen LogP contribution in [-0.2, 0) is 78.3 Å². The number of benzene rings is 5. The van der Waals surface area contributed by atoms with Crippen molar-refractivity contribution >= 4 is 133 Å². The number of ketones is 3. The Balaban J connectivity index is 0.849. The van der Waals surface area contributed by atoms with E-state index in [2.05, 4.69) is 42.0 Å². The third-order valence-electron chi connectivity index (χ3n) is 24.3. The van der Waals surface area contributed by atoms with Crippen LogP contribution in [0.3, 0.4) is 0 Å². The first kappa shape index (κ1) is 100. The quantitative estimate of drug-likeness (QED) is 0.0128. The Morgan fingerprint density at radius 1 is 0.787 bits per heavy atom. The molecule has 9 aliphatic heterocycles. The number of phenols is 3. The van der Waals surface area contributed by atoms with E-state index in [0.29, 0.717) is 5.57 Å². The second-order valence-electron chi connectivity index (χ2n) is 34.5. The standard InChI is InChI=1S/C90H98Cl3N13O28S2/c1-36(2)20-51(97-5)82(122)101-68-54(111)24-42(27-62(94)114)80(120)99-65-41-25-59(130-57-14-11-39(72(68)115)22-49(57)91)76(134-88-77(75(118)74(117)61(34-107)132-88)133-63-32-90(4,96)78(119)37(3)129-63)60(26-41)131-58-15-12-40(23-50(58)92)73(116)70-84(124)100-66(47-28-44(108)29-53(110)64(47)46-21-38(10-13-52(46)109)45(30-55(65)112)81(121)102-70)83(123)98-16-9-19-128-104-67(69-79(93)136-89(95)103-69)56(113)31-48-85(125)106-71(87(126)127)43(35-135-86(48)106)33-105-17-7-6-8-18-105/h6-8,10-15,17-18,21-23,25-26,28-29,36-37,42,45,48,51,61,63,65-66,68,70,72-75,77-78,86,88,97,107,115-119H,9,16,19-20,24,27,30-35,96H2,1-5H3,(H12-,94,95,98,99,100,101,102,103,104,108,109,110,113,114,120,121,122,123,124,126,127)/p+1/t37-,42-,45+,48+,51+,61+,63-,65+,66-,68?,70-,72+,73+,74+,75-,77+,78+,86+,88-,90-/m0/s1. The number of halogens is 3. The van der Waals surface area contributed by atoms with Crippen LogP contribution in [-0.4, -0.2) is 242 Å². The molecule has 7 amide bonds. The van der Waals surface area contributed by atoms with Crippen LogP contribution in [0.15, 0.2) is 126 Å². The van der Waals surface area contributed by atoms with Crippen LogP contribution in [0, 0.1) is 17.8 Å². The molecule has 2 aromatic heterocycles. The van der Waals surface area contributed by atoms with Gasteiger partial charge in [-0.2, -0.15) is 0 Å². The number of thioether (sulfide) groups is 1. The largest absolute Gasteiger partial charge is 0.508 e. The Bertz CT molecular complexity index is 5920. The van der Waals surface area contributed by atoms with Crippen molar-refractivity contribution in [3.05, 3.63) is 169 Å².